The number of pyridine rings is 1. The quantitative estimate of drug-likeness (QED) is 0.759. The molecule has 4 heterocycles. The van der Waals surface area contributed by atoms with E-state index < -0.39 is 0 Å². The second-order valence-electron chi connectivity index (χ2n) is 8.55. The van der Waals surface area contributed by atoms with Crippen molar-refractivity contribution in [2.24, 2.45) is 5.92 Å². The van der Waals surface area contributed by atoms with E-state index in [4.69, 9.17) is 0 Å². The summed E-state index contributed by atoms with van der Waals surface area (Å²) in [4.78, 5) is 26.4. The number of amides is 1. The van der Waals surface area contributed by atoms with Gasteiger partial charge in [0.15, 0.2) is 0 Å². The first-order valence-electron chi connectivity index (χ1n) is 11.4. The van der Waals surface area contributed by atoms with Gasteiger partial charge in [-0.05, 0) is 50.8 Å². The van der Waals surface area contributed by atoms with Crippen molar-refractivity contribution in [1.29, 1.82) is 0 Å². The molecule has 0 aliphatic carbocycles. The van der Waals surface area contributed by atoms with Gasteiger partial charge < -0.3 is 9.88 Å². The Labute approximate surface area is 179 Å². The molecular formula is C23H34N6O. The smallest absolute Gasteiger partial charge is 0.224 e. The molecule has 2 fully saturated rings. The lowest BCUT2D eigenvalue weighted by Gasteiger charge is -2.42. The molecule has 1 N–H and O–H groups in total. The van der Waals surface area contributed by atoms with Crippen LogP contribution in [0.3, 0.4) is 0 Å². The van der Waals surface area contributed by atoms with Gasteiger partial charge in [-0.15, -0.1) is 0 Å². The Morgan fingerprint density at radius 3 is 2.83 bits per heavy atom. The van der Waals surface area contributed by atoms with Crippen LogP contribution >= 0.6 is 0 Å². The average molecular weight is 411 g/mol. The minimum absolute atomic E-state index is 0.102. The number of aromatic nitrogens is 3. The summed E-state index contributed by atoms with van der Waals surface area (Å²) in [6, 6.07) is 4.51. The predicted molar refractivity (Wildman–Crippen MR) is 117 cm³/mol. The molecule has 4 rings (SSSR count). The highest BCUT2D eigenvalue weighted by Crippen LogP contribution is 2.24. The highest BCUT2D eigenvalue weighted by molar-refractivity contribution is 5.78. The van der Waals surface area contributed by atoms with Gasteiger partial charge in [0.1, 0.15) is 5.82 Å². The van der Waals surface area contributed by atoms with Gasteiger partial charge in [-0.3, -0.25) is 19.6 Å². The van der Waals surface area contributed by atoms with Gasteiger partial charge in [0.05, 0.1) is 12.5 Å². The third kappa shape index (κ3) is 5.26. The number of nitrogens with zero attached hydrogens (tertiary/aromatic N) is 5. The molecule has 2 aromatic rings. The van der Waals surface area contributed by atoms with Crippen LogP contribution in [0.1, 0.15) is 44.0 Å². The lowest BCUT2D eigenvalue weighted by atomic mass is 9.93. The van der Waals surface area contributed by atoms with Gasteiger partial charge in [0, 0.05) is 63.6 Å². The molecule has 7 nitrogen and oxygen atoms in total. The molecule has 0 radical (unpaired) electrons. The number of aryl methyl sites for hydroxylation is 1. The largest absolute Gasteiger partial charge is 0.352 e. The second-order valence-corrected chi connectivity index (χ2v) is 8.55. The third-order valence-corrected chi connectivity index (χ3v) is 6.59. The van der Waals surface area contributed by atoms with E-state index in [2.05, 4.69) is 42.8 Å². The molecule has 1 unspecified atom stereocenters. The van der Waals surface area contributed by atoms with E-state index >= 15 is 0 Å². The van der Waals surface area contributed by atoms with Gasteiger partial charge >= 0.3 is 0 Å². The number of rotatable bonds is 7. The van der Waals surface area contributed by atoms with Crippen LogP contribution in [0.15, 0.2) is 36.9 Å². The summed E-state index contributed by atoms with van der Waals surface area (Å²) in [6.07, 6.45) is 12.0. The van der Waals surface area contributed by atoms with Crippen molar-refractivity contribution in [3.63, 3.8) is 0 Å². The molecule has 1 amide bonds. The Balaban J connectivity index is 1.23. The first-order chi connectivity index (χ1) is 14.7. The van der Waals surface area contributed by atoms with Gasteiger partial charge in [-0.1, -0.05) is 6.07 Å². The lowest BCUT2D eigenvalue weighted by Crippen LogP contribution is -2.50. The fraction of sp³-hybridized carbons (Fsp3) is 0.609. The van der Waals surface area contributed by atoms with Crippen LogP contribution in [-0.2, 0) is 24.4 Å². The lowest BCUT2D eigenvalue weighted by molar-refractivity contribution is -0.127. The van der Waals surface area contributed by atoms with E-state index in [0.29, 0.717) is 12.6 Å². The van der Waals surface area contributed by atoms with E-state index in [0.717, 1.165) is 57.7 Å². The Bertz CT molecular complexity index is 799. The Morgan fingerprint density at radius 2 is 2.07 bits per heavy atom. The molecule has 2 saturated heterocycles. The zero-order valence-corrected chi connectivity index (χ0v) is 18.0. The normalized spacial score (nSPS) is 21.6. The van der Waals surface area contributed by atoms with Gasteiger partial charge in [-0.25, -0.2) is 4.98 Å². The Morgan fingerprint density at radius 1 is 1.20 bits per heavy atom. The number of carbonyl (C=O) groups excluding carboxylic acids is 1. The molecule has 162 valence electrons. The van der Waals surface area contributed by atoms with Crippen LogP contribution in [0.4, 0.5) is 0 Å². The standard InChI is InChI=1S/C23H34N6O/c1-2-28-14-10-25-22(28)18-27-12-7-21(8-13-27)29-11-4-6-20(17-29)23(30)26-16-19-5-3-9-24-15-19/h3,5,9-10,14-15,20-21H,2,4,6-8,11-13,16-18H2,1H3,(H,26,30). The highest BCUT2D eigenvalue weighted by Gasteiger charge is 2.31. The maximum Gasteiger partial charge on any atom is 0.224 e. The molecule has 0 bridgehead atoms. The maximum atomic E-state index is 12.7. The maximum absolute atomic E-state index is 12.7. The van der Waals surface area contributed by atoms with Gasteiger partial charge in [0.2, 0.25) is 5.91 Å². The van der Waals surface area contributed by atoms with Crippen LogP contribution in [-0.4, -0.2) is 62.5 Å². The average Bonchev–Trinajstić information content (AvgIpc) is 3.26. The van der Waals surface area contributed by atoms with E-state index in [1.54, 1.807) is 6.20 Å². The molecule has 7 heteroatoms. The van der Waals surface area contributed by atoms with Crippen LogP contribution < -0.4 is 5.32 Å². The summed E-state index contributed by atoms with van der Waals surface area (Å²) < 4.78 is 2.23. The van der Waals surface area contributed by atoms with Crippen molar-refractivity contribution in [3.05, 3.63) is 48.3 Å². The first kappa shape index (κ1) is 21.0. The summed E-state index contributed by atoms with van der Waals surface area (Å²) in [7, 11) is 0. The fourth-order valence-electron chi connectivity index (χ4n) is 4.81. The van der Waals surface area contributed by atoms with E-state index in [-0.39, 0.29) is 11.8 Å². The number of hydrogen-bond donors (Lipinski definition) is 1. The second kappa shape index (κ2) is 10.2. The molecule has 30 heavy (non-hydrogen) atoms. The highest BCUT2D eigenvalue weighted by atomic mass is 16.1. The number of likely N-dealkylation sites (tertiary alicyclic amines) is 2. The first-order valence-corrected chi connectivity index (χ1v) is 11.4. The molecule has 0 spiro atoms. The van der Waals surface area contributed by atoms with Crippen molar-refractivity contribution in [2.45, 2.75) is 58.3 Å². The summed E-state index contributed by atoms with van der Waals surface area (Å²) in [6.45, 7) is 8.87. The van der Waals surface area contributed by atoms with Crippen LogP contribution in [0.25, 0.3) is 0 Å². The van der Waals surface area contributed by atoms with Crippen molar-refractivity contribution >= 4 is 5.91 Å². The summed E-state index contributed by atoms with van der Waals surface area (Å²) >= 11 is 0. The summed E-state index contributed by atoms with van der Waals surface area (Å²) in [5, 5.41) is 3.11. The minimum Gasteiger partial charge on any atom is -0.352 e. The SMILES string of the molecule is CCn1ccnc1CN1CCC(N2CCCC(C(=O)NCc3cccnc3)C2)CC1. The molecule has 2 aromatic heterocycles. The van der Waals surface area contributed by atoms with Crippen molar-refractivity contribution in [3.8, 4) is 0 Å². The Kier molecular flexibility index (Phi) is 7.12. The third-order valence-electron chi connectivity index (χ3n) is 6.59. The van der Waals surface area contributed by atoms with Gasteiger partial charge in [0.25, 0.3) is 0 Å². The summed E-state index contributed by atoms with van der Waals surface area (Å²) in [5.41, 5.74) is 1.05. The van der Waals surface area contributed by atoms with E-state index in [1.807, 2.05) is 24.5 Å². The number of nitrogens with one attached hydrogen (secondary N) is 1. The Hall–Kier alpha value is -2.25. The zero-order valence-electron chi connectivity index (χ0n) is 18.0. The van der Waals surface area contributed by atoms with Crippen molar-refractivity contribution in [1.82, 2.24) is 29.7 Å². The van der Waals surface area contributed by atoms with Crippen LogP contribution in [0.5, 0.6) is 0 Å². The number of carbonyl (C=O) groups is 1. The van der Waals surface area contributed by atoms with Gasteiger partial charge in [-0.2, -0.15) is 0 Å². The minimum atomic E-state index is 0.102. The topological polar surface area (TPSA) is 66.3 Å². The molecule has 0 aromatic carbocycles. The molecule has 2 aliphatic heterocycles. The van der Waals surface area contributed by atoms with E-state index in [9.17, 15) is 4.79 Å². The van der Waals surface area contributed by atoms with Crippen molar-refractivity contribution < 1.29 is 4.79 Å². The molecular weight excluding hydrogens is 376 g/mol. The molecule has 1 atom stereocenters. The van der Waals surface area contributed by atoms with Crippen LogP contribution in [0, 0.1) is 5.92 Å². The number of piperidine rings is 2. The predicted octanol–water partition coefficient (Wildman–Crippen LogP) is 2.29. The molecule has 2 aliphatic rings. The van der Waals surface area contributed by atoms with Crippen molar-refractivity contribution in [2.75, 3.05) is 26.2 Å². The zero-order chi connectivity index (χ0) is 20.8. The monoisotopic (exact) mass is 410 g/mol. The number of imidazole rings is 1. The number of hydrogen-bond acceptors (Lipinski definition) is 5. The van der Waals surface area contributed by atoms with Crippen LogP contribution in [0.2, 0.25) is 0 Å². The summed E-state index contributed by atoms with van der Waals surface area (Å²) in [5.74, 6) is 1.46. The molecule has 0 saturated carbocycles. The fourth-order valence-corrected chi connectivity index (χ4v) is 4.81. The van der Waals surface area contributed by atoms with E-state index in [1.165, 1.54) is 18.7 Å².